The van der Waals surface area contributed by atoms with Gasteiger partial charge in [0, 0.05) is 24.7 Å². The minimum absolute atomic E-state index is 0.0468. The second-order valence-electron chi connectivity index (χ2n) is 8.57. The molecule has 1 heterocycles. The van der Waals surface area contributed by atoms with Gasteiger partial charge in [-0.15, -0.1) is 0 Å². The Labute approximate surface area is 206 Å². The lowest BCUT2D eigenvalue weighted by atomic mass is 10.0. The first-order chi connectivity index (χ1) is 16.8. The van der Waals surface area contributed by atoms with E-state index in [1.807, 2.05) is 13.8 Å². The first kappa shape index (κ1) is 30.0. The van der Waals surface area contributed by atoms with Gasteiger partial charge >= 0.3 is 17.9 Å². The van der Waals surface area contributed by atoms with Crippen molar-refractivity contribution in [2.24, 2.45) is 11.7 Å². The quantitative estimate of drug-likeness (QED) is 0.123. The van der Waals surface area contributed by atoms with Crippen LogP contribution in [0.1, 0.15) is 45.2 Å². The van der Waals surface area contributed by atoms with E-state index in [2.05, 4.69) is 25.9 Å². The maximum absolute atomic E-state index is 12.8. The van der Waals surface area contributed by atoms with Crippen LogP contribution < -0.4 is 21.7 Å². The second kappa shape index (κ2) is 14.4. The van der Waals surface area contributed by atoms with Crippen LogP contribution in [-0.2, 0) is 35.2 Å². The largest absolute Gasteiger partial charge is 0.481 e. The van der Waals surface area contributed by atoms with Crippen molar-refractivity contribution >= 4 is 35.6 Å². The van der Waals surface area contributed by atoms with Crippen LogP contribution in [0, 0.1) is 5.92 Å². The molecule has 0 saturated heterocycles. The van der Waals surface area contributed by atoms with Crippen LogP contribution in [0.15, 0.2) is 12.5 Å². The summed E-state index contributed by atoms with van der Waals surface area (Å²) in [5.41, 5.74) is 6.18. The molecule has 0 fully saturated rings. The number of carbonyl (C=O) groups excluding carboxylic acids is 3. The molecule has 0 aliphatic heterocycles. The van der Waals surface area contributed by atoms with Crippen molar-refractivity contribution in [3.05, 3.63) is 18.2 Å². The number of aromatic nitrogens is 2. The Bertz CT molecular complexity index is 934. The van der Waals surface area contributed by atoms with E-state index < -0.39 is 79.1 Å². The van der Waals surface area contributed by atoms with Gasteiger partial charge in [0.2, 0.25) is 17.7 Å². The number of aromatic amines is 1. The van der Waals surface area contributed by atoms with Gasteiger partial charge in [-0.3, -0.25) is 24.0 Å². The normalized spacial score (nSPS) is 14.2. The molecule has 0 aliphatic carbocycles. The highest BCUT2D eigenvalue weighted by molar-refractivity contribution is 5.95. The van der Waals surface area contributed by atoms with Crippen molar-refractivity contribution in [3.8, 4) is 0 Å². The molecule has 0 radical (unpaired) electrons. The van der Waals surface area contributed by atoms with Gasteiger partial charge in [-0.1, -0.05) is 13.8 Å². The summed E-state index contributed by atoms with van der Waals surface area (Å²) in [6.45, 7) is 3.63. The minimum Gasteiger partial charge on any atom is -0.481 e. The van der Waals surface area contributed by atoms with Gasteiger partial charge in [-0.25, -0.2) is 9.78 Å². The zero-order chi connectivity index (χ0) is 27.4. The predicted molar refractivity (Wildman–Crippen MR) is 122 cm³/mol. The summed E-state index contributed by atoms with van der Waals surface area (Å²) in [5, 5.41) is 34.3. The van der Waals surface area contributed by atoms with Crippen molar-refractivity contribution in [1.29, 1.82) is 0 Å². The van der Waals surface area contributed by atoms with E-state index in [-0.39, 0.29) is 18.8 Å². The number of carbonyl (C=O) groups is 6. The summed E-state index contributed by atoms with van der Waals surface area (Å²) in [4.78, 5) is 78.3. The average molecular weight is 513 g/mol. The molecule has 0 saturated carbocycles. The molecule has 0 aliphatic rings. The number of nitrogens with two attached hydrogens (primary N) is 1. The maximum atomic E-state index is 12.8. The Balaban J connectivity index is 3.02. The van der Waals surface area contributed by atoms with Crippen LogP contribution in [-0.4, -0.2) is 85.1 Å². The zero-order valence-corrected chi connectivity index (χ0v) is 19.9. The van der Waals surface area contributed by atoms with Gasteiger partial charge in [0.25, 0.3) is 0 Å². The maximum Gasteiger partial charge on any atom is 0.326 e. The van der Waals surface area contributed by atoms with E-state index in [1.165, 1.54) is 12.5 Å². The van der Waals surface area contributed by atoms with E-state index >= 15 is 0 Å². The number of carboxylic acid groups (broad SMARTS) is 3. The smallest absolute Gasteiger partial charge is 0.326 e. The molecular formula is C21H32N6O9. The first-order valence-corrected chi connectivity index (χ1v) is 11.1. The van der Waals surface area contributed by atoms with Gasteiger partial charge < -0.3 is 42.0 Å². The van der Waals surface area contributed by atoms with Gasteiger partial charge in [0.05, 0.1) is 18.8 Å². The van der Waals surface area contributed by atoms with E-state index in [1.54, 1.807) is 0 Å². The van der Waals surface area contributed by atoms with Crippen LogP contribution in [0.3, 0.4) is 0 Å². The molecule has 4 unspecified atom stereocenters. The SMILES string of the molecule is CC(C)CC(N)C(=O)NC(CC(=O)O)C(=O)NC(CCC(=O)O)C(=O)NC(Cc1cnc[nH]1)C(=O)O. The van der Waals surface area contributed by atoms with Crippen LogP contribution in [0.4, 0.5) is 0 Å². The molecule has 15 heteroatoms. The zero-order valence-electron chi connectivity index (χ0n) is 19.9. The van der Waals surface area contributed by atoms with Crippen molar-refractivity contribution in [1.82, 2.24) is 25.9 Å². The number of nitrogens with one attached hydrogen (secondary N) is 4. The minimum atomic E-state index is -1.62. The Kier molecular flexibility index (Phi) is 12.0. The number of amides is 3. The van der Waals surface area contributed by atoms with E-state index in [4.69, 9.17) is 15.9 Å². The lowest BCUT2D eigenvalue weighted by molar-refractivity contribution is -0.143. The first-order valence-electron chi connectivity index (χ1n) is 11.1. The molecule has 36 heavy (non-hydrogen) atoms. The number of carboxylic acids is 3. The molecule has 0 spiro atoms. The van der Waals surface area contributed by atoms with Gasteiger partial charge in [-0.2, -0.15) is 0 Å². The highest BCUT2D eigenvalue weighted by Crippen LogP contribution is 2.06. The number of nitrogens with zero attached hydrogens (tertiary/aromatic N) is 1. The highest BCUT2D eigenvalue weighted by Gasteiger charge is 2.32. The third-order valence-corrected chi connectivity index (χ3v) is 4.95. The number of imidazole rings is 1. The fourth-order valence-corrected chi connectivity index (χ4v) is 3.18. The average Bonchev–Trinajstić information content (AvgIpc) is 3.27. The summed E-state index contributed by atoms with van der Waals surface area (Å²) >= 11 is 0. The summed E-state index contributed by atoms with van der Waals surface area (Å²) in [6, 6.07) is -5.60. The predicted octanol–water partition coefficient (Wildman–Crippen LogP) is -1.80. The van der Waals surface area contributed by atoms with Gasteiger partial charge in [0.1, 0.15) is 18.1 Å². The van der Waals surface area contributed by atoms with Crippen molar-refractivity contribution < 1.29 is 44.1 Å². The summed E-state index contributed by atoms with van der Waals surface area (Å²) in [5.74, 6) is -6.92. The Morgan fingerprint density at radius 2 is 1.50 bits per heavy atom. The molecule has 0 aromatic carbocycles. The Morgan fingerprint density at radius 1 is 0.917 bits per heavy atom. The molecule has 9 N–H and O–H groups in total. The summed E-state index contributed by atoms with van der Waals surface area (Å²) in [7, 11) is 0. The number of hydrogen-bond donors (Lipinski definition) is 8. The van der Waals surface area contributed by atoms with Crippen molar-refractivity contribution in [2.75, 3.05) is 0 Å². The lowest BCUT2D eigenvalue weighted by Gasteiger charge is -2.24. The molecule has 3 amide bonds. The topological polar surface area (TPSA) is 254 Å². The van der Waals surface area contributed by atoms with E-state index in [9.17, 15) is 33.9 Å². The molecular weight excluding hydrogens is 480 g/mol. The van der Waals surface area contributed by atoms with E-state index in [0.29, 0.717) is 5.69 Å². The molecule has 4 atom stereocenters. The van der Waals surface area contributed by atoms with Gasteiger partial charge in [-0.05, 0) is 18.8 Å². The molecule has 1 aromatic heterocycles. The Morgan fingerprint density at radius 3 is 2.00 bits per heavy atom. The molecule has 0 bridgehead atoms. The standard InChI is InChI=1S/C21H32N6O9/c1-10(2)5-12(22)18(32)26-14(7-17(30)31)20(34)25-13(3-4-16(28)29)19(33)27-15(21(35)36)6-11-8-23-9-24-11/h8-10,12-15H,3-7,22H2,1-2H3,(H,23,24)(H,25,34)(H,26,32)(H,27,33)(H,28,29)(H,30,31)(H,35,36). The van der Waals surface area contributed by atoms with Crippen molar-refractivity contribution in [2.45, 2.75) is 70.1 Å². The second-order valence-corrected chi connectivity index (χ2v) is 8.57. The fourth-order valence-electron chi connectivity index (χ4n) is 3.18. The van der Waals surface area contributed by atoms with E-state index in [0.717, 1.165) is 0 Å². The van der Waals surface area contributed by atoms with Crippen LogP contribution in [0.5, 0.6) is 0 Å². The van der Waals surface area contributed by atoms with Crippen LogP contribution in [0.25, 0.3) is 0 Å². The molecule has 15 nitrogen and oxygen atoms in total. The molecule has 1 rings (SSSR count). The summed E-state index contributed by atoms with van der Waals surface area (Å²) < 4.78 is 0. The third-order valence-electron chi connectivity index (χ3n) is 4.95. The molecule has 200 valence electrons. The number of hydrogen-bond acceptors (Lipinski definition) is 8. The Hall–Kier alpha value is -4.01. The van der Waals surface area contributed by atoms with Crippen molar-refractivity contribution in [3.63, 3.8) is 0 Å². The van der Waals surface area contributed by atoms with Crippen LogP contribution >= 0.6 is 0 Å². The fraction of sp³-hybridized carbons (Fsp3) is 0.571. The highest BCUT2D eigenvalue weighted by atomic mass is 16.4. The van der Waals surface area contributed by atoms with Gasteiger partial charge in [0.15, 0.2) is 0 Å². The third kappa shape index (κ3) is 10.9. The lowest BCUT2D eigenvalue weighted by Crippen LogP contribution is -2.57. The number of aliphatic carboxylic acids is 3. The number of rotatable bonds is 16. The summed E-state index contributed by atoms with van der Waals surface area (Å²) in [6.07, 6.45) is 0.938. The molecule has 1 aromatic rings. The monoisotopic (exact) mass is 512 g/mol. The van der Waals surface area contributed by atoms with Crippen LogP contribution in [0.2, 0.25) is 0 Å². The number of H-pyrrole nitrogens is 1.